The van der Waals surface area contributed by atoms with Gasteiger partial charge in [0.05, 0.1) is 11.9 Å². The number of aliphatic hydroxyl groups excluding tert-OH is 1. The molecule has 2 N–H and O–H groups in total. The smallest absolute Gasteiger partial charge is 0.257 e. The van der Waals surface area contributed by atoms with E-state index in [1.165, 1.54) is 6.20 Å². The maximum Gasteiger partial charge on any atom is 0.257 e. The summed E-state index contributed by atoms with van der Waals surface area (Å²) in [5, 5.41) is 14.4. The monoisotopic (exact) mass is 545 g/mol. The fourth-order valence-corrected chi connectivity index (χ4v) is 4.56. The first-order valence-corrected chi connectivity index (χ1v) is 12.8. The lowest BCUT2D eigenvalue weighted by Crippen LogP contribution is -2.29. The number of hydrogen-bond acceptors (Lipinski definition) is 6. The van der Waals surface area contributed by atoms with Crippen LogP contribution in [-0.2, 0) is 20.1 Å². The molecule has 1 atom stereocenters. The quantitative estimate of drug-likeness (QED) is 0.266. The van der Waals surface area contributed by atoms with Crippen LogP contribution in [0.15, 0.2) is 92.6 Å². The third-order valence-corrected chi connectivity index (χ3v) is 6.68. The standard InChI is InChI=1S/C30H28ClN3O5/c1-33(18-25(35)27-13-12-26(39-27)20-6-4-3-5-7-20)16-22-14-23-28(36)24(17-34(2)30(23)38-22)29(37)32-15-19-8-10-21(31)11-9-19/h3-14,17,25,35H,15-16,18H2,1-2H3,(H,32,37). The number of furan rings is 2. The lowest BCUT2D eigenvalue weighted by Gasteiger charge is -2.18. The van der Waals surface area contributed by atoms with Crippen molar-refractivity contribution in [3.63, 3.8) is 0 Å². The lowest BCUT2D eigenvalue weighted by molar-refractivity contribution is 0.0949. The highest BCUT2D eigenvalue weighted by Gasteiger charge is 2.20. The first-order chi connectivity index (χ1) is 18.8. The molecule has 1 unspecified atom stereocenters. The largest absolute Gasteiger partial charge is 0.458 e. The van der Waals surface area contributed by atoms with Crippen LogP contribution in [0.2, 0.25) is 5.02 Å². The maximum absolute atomic E-state index is 13.1. The van der Waals surface area contributed by atoms with Crippen molar-refractivity contribution in [3.05, 3.63) is 117 Å². The molecule has 2 aromatic carbocycles. The second-order valence-electron chi connectivity index (χ2n) is 9.50. The number of nitrogens with one attached hydrogen (secondary N) is 1. The Morgan fingerprint density at radius 2 is 1.82 bits per heavy atom. The van der Waals surface area contributed by atoms with Crippen LogP contribution in [0.5, 0.6) is 0 Å². The second-order valence-corrected chi connectivity index (χ2v) is 9.94. The molecule has 0 bridgehead atoms. The van der Waals surface area contributed by atoms with Gasteiger partial charge in [0.25, 0.3) is 5.91 Å². The Labute approximate surface area is 230 Å². The van der Waals surface area contributed by atoms with Crippen LogP contribution in [-0.4, -0.2) is 34.1 Å². The van der Waals surface area contributed by atoms with Gasteiger partial charge in [-0.1, -0.05) is 54.1 Å². The van der Waals surface area contributed by atoms with E-state index < -0.39 is 17.4 Å². The number of amides is 1. The Bertz CT molecular complexity index is 1650. The summed E-state index contributed by atoms with van der Waals surface area (Å²) in [6.07, 6.45) is 0.628. The van der Waals surface area contributed by atoms with E-state index >= 15 is 0 Å². The summed E-state index contributed by atoms with van der Waals surface area (Å²) < 4.78 is 13.4. The van der Waals surface area contributed by atoms with Crippen LogP contribution < -0.4 is 10.7 Å². The van der Waals surface area contributed by atoms with E-state index in [4.69, 9.17) is 20.4 Å². The van der Waals surface area contributed by atoms with Gasteiger partial charge in [0.2, 0.25) is 11.1 Å². The van der Waals surface area contributed by atoms with Gasteiger partial charge < -0.3 is 23.8 Å². The van der Waals surface area contributed by atoms with E-state index in [1.54, 1.807) is 35.9 Å². The Balaban J connectivity index is 1.26. The molecule has 5 aromatic rings. The normalized spacial score (nSPS) is 12.2. The SMILES string of the molecule is CN(Cc1cc2c(=O)c(C(=O)NCc3ccc(Cl)cc3)cn(C)c2o1)CC(O)c1ccc(-c2ccccc2)o1. The van der Waals surface area contributed by atoms with Crippen molar-refractivity contribution < 1.29 is 18.7 Å². The van der Waals surface area contributed by atoms with Crippen LogP contribution in [0.3, 0.4) is 0 Å². The maximum atomic E-state index is 13.1. The van der Waals surface area contributed by atoms with E-state index in [2.05, 4.69) is 5.32 Å². The molecule has 0 aliphatic carbocycles. The molecule has 39 heavy (non-hydrogen) atoms. The number of aliphatic hydroxyl groups is 1. The first kappa shape index (κ1) is 26.5. The van der Waals surface area contributed by atoms with Gasteiger partial charge in [-0.2, -0.15) is 0 Å². The molecule has 200 valence electrons. The molecule has 5 rings (SSSR count). The number of halogens is 1. The van der Waals surface area contributed by atoms with E-state index in [0.717, 1.165) is 11.1 Å². The second kappa shape index (κ2) is 11.3. The van der Waals surface area contributed by atoms with Crippen molar-refractivity contribution in [3.8, 4) is 11.3 Å². The number of pyridine rings is 1. The minimum absolute atomic E-state index is 0.0297. The van der Waals surface area contributed by atoms with Crippen LogP contribution in [0, 0.1) is 0 Å². The van der Waals surface area contributed by atoms with E-state index in [0.29, 0.717) is 39.9 Å². The van der Waals surface area contributed by atoms with Crippen LogP contribution in [0.25, 0.3) is 22.4 Å². The van der Waals surface area contributed by atoms with E-state index in [1.807, 2.05) is 60.5 Å². The third-order valence-electron chi connectivity index (χ3n) is 6.43. The van der Waals surface area contributed by atoms with Crippen LogP contribution >= 0.6 is 11.6 Å². The molecule has 3 heterocycles. The van der Waals surface area contributed by atoms with Gasteiger partial charge in [0.1, 0.15) is 28.9 Å². The van der Waals surface area contributed by atoms with Gasteiger partial charge in [0.15, 0.2) is 0 Å². The Hall–Kier alpha value is -4.11. The molecule has 1 amide bonds. The topological polar surface area (TPSA) is 101 Å². The van der Waals surface area contributed by atoms with Crippen LogP contribution in [0.4, 0.5) is 0 Å². The average Bonchev–Trinajstić information content (AvgIpc) is 3.59. The molecular formula is C30H28ClN3O5. The number of benzene rings is 2. The Morgan fingerprint density at radius 3 is 2.56 bits per heavy atom. The minimum atomic E-state index is -0.848. The zero-order chi connectivity index (χ0) is 27.5. The van der Waals surface area contributed by atoms with E-state index in [-0.39, 0.29) is 18.7 Å². The Morgan fingerprint density at radius 1 is 1.08 bits per heavy atom. The summed E-state index contributed by atoms with van der Waals surface area (Å²) in [7, 11) is 3.56. The number of carbonyl (C=O) groups excluding carboxylic acids is 1. The lowest BCUT2D eigenvalue weighted by atomic mass is 10.2. The molecular weight excluding hydrogens is 518 g/mol. The van der Waals surface area contributed by atoms with Gasteiger partial charge >= 0.3 is 0 Å². The third kappa shape index (κ3) is 5.98. The average molecular weight is 546 g/mol. The van der Waals surface area contributed by atoms with Gasteiger partial charge in [-0.05, 0) is 42.9 Å². The highest BCUT2D eigenvalue weighted by Crippen LogP contribution is 2.26. The predicted octanol–water partition coefficient (Wildman–Crippen LogP) is 5.14. The van der Waals surface area contributed by atoms with Crippen molar-refractivity contribution >= 4 is 28.6 Å². The summed E-state index contributed by atoms with van der Waals surface area (Å²) >= 11 is 5.91. The molecule has 0 radical (unpaired) electrons. The zero-order valence-electron chi connectivity index (χ0n) is 21.6. The molecule has 0 fully saturated rings. The molecule has 0 aliphatic rings. The highest BCUT2D eigenvalue weighted by molar-refractivity contribution is 6.30. The van der Waals surface area contributed by atoms with Crippen LogP contribution in [0.1, 0.15) is 33.5 Å². The summed E-state index contributed by atoms with van der Waals surface area (Å²) in [5.74, 6) is 1.22. The summed E-state index contributed by atoms with van der Waals surface area (Å²) in [6, 6.07) is 22.1. The first-order valence-electron chi connectivity index (χ1n) is 12.4. The number of fused-ring (bicyclic) bond motifs is 1. The minimum Gasteiger partial charge on any atom is -0.458 e. The zero-order valence-corrected chi connectivity index (χ0v) is 22.3. The predicted molar refractivity (Wildman–Crippen MR) is 150 cm³/mol. The number of aromatic nitrogens is 1. The summed E-state index contributed by atoms with van der Waals surface area (Å²) in [4.78, 5) is 27.8. The van der Waals surface area contributed by atoms with Crippen molar-refractivity contribution in [2.24, 2.45) is 7.05 Å². The number of aryl methyl sites for hydroxylation is 1. The molecule has 0 saturated heterocycles. The fourth-order valence-electron chi connectivity index (χ4n) is 4.44. The number of nitrogens with zero attached hydrogens (tertiary/aromatic N) is 2. The summed E-state index contributed by atoms with van der Waals surface area (Å²) in [5.41, 5.74) is 1.80. The Kier molecular flexibility index (Phi) is 7.70. The number of rotatable bonds is 9. The molecule has 3 aromatic heterocycles. The molecule has 8 nitrogen and oxygen atoms in total. The van der Waals surface area contributed by atoms with Crippen molar-refractivity contribution in [2.75, 3.05) is 13.6 Å². The van der Waals surface area contributed by atoms with Crippen molar-refractivity contribution in [2.45, 2.75) is 19.2 Å². The van der Waals surface area contributed by atoms with Crippen molar-refractivity contribution in [1.82, 2.24) is 14.8 Å². The number of hydrogen-bond donors (Lipinski definition) is 2. The van der Waals surface area contributed by atoms with Gasteiger partial charge in [-0.3, -0.25) is 14.5 Å². The van der Waals surface area contributed by atoms with Gasteiger partial charge in [0, 0.05) is 36.9 Å². The molecule has 0 aliphatic heterocycles. The van der Waals surface area contributed by atoms with Crippen molar-refractivity contribution in [1.29, 1.82) is 0 Å². The molecule has 9 heteroatoms. The van der Waals surface area contributed by atoms with E-state index in [9.17, 15) is 14.7 Å². The number of likely N-dealkylation sites (N-methyl/N-ethyl adjacent to an activating group) is 1. The fraction of sp³-hybridized carbons (Fsp3) is 0.200. The highest BCUT2D eigenvalue weighted by atomic mass is 35.5. The van der Waals surface area contributed by atoms with Gasteiger partial charge in [-0.15, -0.1) is 0 Å². The number of carbonyl (C=O) groups is 1. The summed E-state index contributed by atoms with van der Waals surface area (Å²) in [6.45, 7) is 0.895. The molecule has 0 spiro atoms. The molecule has 0 saturated carbocycles. The van der Waals surface area contributed by atoms with Gasteiger partial charge in [-0.25, -0.2) is 0 Å².